The van der Waals surface area contributed by atoms with Crippen LogP contribution in [0.2, 0.25) is 0 Å². The lowest BCUT2D eigenvalue weighted by atomic mass is 9.94. The van der Waals surface area contributed by atoms with Crippen LogP contribution in [-0.4, -0.2) is 20.7 Å². The van der Waals surface area contributed by atoms with E-state index < -0.39 is 6.04 Å². The molecule has 1 amide bonds. The molecule has 5 rings (SSSR count). The monoisotopic (exact) mass is 465 g/mol. The number of para-hydroxylation sites is 1. The summed E-state index contributed by atoms with van der Waals surface area (Å²) in [6.45, 7) is 6.32. The van der Waals surface area contributed by atoms with Gasteiger partial charge in [-0.3, -0.25) is 4.79 Å². The van der Waals surface area contributed by atoms with Gasteiger partial charge in [0.1, 0.15) is 24.7 Å². The summed E-state index contributed by atoms with van der Waals surface area (Å²) in [4.78, 5) is 18.1. The average Bonchev–Trinajstić information content (AvgIpc) is 3.32. The maximum absolute atomic E-state index is 13.7. The van der Waals surface area contributed by atoms with E-state index in [9.17, 15) is 4.79 Å². The molecule has 0 bridgehead atoms. The van der Waals surface area contributed by atoms with Crippen LogP contribution in [0.25, 0.3) is 0 Å². The fourth-order valence-corrected chi connectivity index (χ4v) is 4.39. The zero-order valence-electron chi connectivity index (χ0n) is 19.9. The third-order valence-corrected chi connectivity index (χ3v) is 6.12. The van der Waals surface area contributed by atoms with Gasteiger partial charge in [-0.1, -0.05) is 66.2 Å². The van der Waals surface area contributed by atoms with Crippen molar-refractivity contribution < 1.29 is 9.53 Å². The number of allylic oxidation sites excluding steroid dienone is 1. The summed E-state index contributed by atoms with van der Waals surface area (Å²) in [5.74, 6) is 1.06. The minimum atomic E-state index is -0.508. The lowest BCUT2D eigenvalue weighted by molar-refractivity contribution is -0.113. The fraction of sp³-hybridized carbons (Fsp3) is 0.179. The molecule has 3 aromatic carbocycles. The summed E-state index contributed by atoms with van der Waals surface area (Å²) in [5, 5.41) is 10.8. The van der Waals surface area contributed by atoms with Crippen LogP contribution in [0.4, 0.5) is 11.6 Å². The molecule has 0 fully saturated rings. The summed E-state index contributed by atoms with van der Waals surface area (Å²) in [5.41, 5.74) is 6.09. The number of nitrogens with one attached hydrogen (secondary N) is 2. The Hall–Kier alpha value is -4.39. The van der Waals surface area contributed by atoms with E-state index in [0.29, 0.717) is 23.9 Å². The predicted octanol–water partition coefficient (Wildman–Crippen LogP) is 5.40. The van der Waals surface area contributed by atoms with Crippen molar-refractivity contribution in [2.24, 2.45) is 0 Å². The molecule has 7 nitrogen and oxygen atoms in total. The van der Waals surface area contributed by atoms with Crippen molar-refractivity contribution in [1.82, 2.24) is 14.8 Å². The highest BCUT2D eigenvalue weighted by molar-refractivity contribution is 6.06. The van der Waals surface area contributed by atoms with Gasteiger partial charge in [-0.25, -0.2) is 4.68 Å². The SMILES string of the molecule is CC1=C(C(=O)Nc2ccc(C)cc2C)[C@H](c2ccccc2OCc2ccccc2)n2ncnc2N1. The smallest absolute Gasteiger partial charge is 0.255 e. The Bertz CT molecular complexity index is 1410. The highest BCUT2D eigenvalue weighted by Gasteiger charge is 2.35. The molecule has 0 aliphatic carbocycles. The number of anilines is 2. The molecule has 0 unspecified atom stereocenters. The van der Waals surface area contributed by atoms with Gasteiger partial charge in [0.2, 0.25) is 5.95 Å². The van der Waals surface area contributed by atoms with E-state index in [1.54, 1.807) is 4.68 Å². The van der Waals surface area contributed by atoms with E-state index in [1.165, 1.54) is 6.33 Å². The Morgan fingerprint density at radius 3 is 2.60 bits per heavy atom. The molecule has 4 aromatic rings. The summed E-state index contributed by atoms with van der Waals surface area (Å²) in [7, 11) is 0. The van der Waals surface area contributed by atoms with Gasteiger partial charge in [-0.2, -0.15) is 10.1 Å². The number of amides is 1. The molecule has 2 N–H and O–H groups in total. The number of fused-ring (bicyclic) bond motifs is 1. The number of rotatable bonds is 6. The molecule has 1 aliphatic rings. The first kappa shape index (κ1) is 22.4. The fourth-order valence-electron chi connectivity index (χ4n) is 4.39. The van der Waals surface area contributed by atoms with Crippen LogP contribution >= 0.6 is 0 Å². The van der Waals surface area contributed by atoms with Crippen molar-refractivity contribution in [1.29, 1.82) is 0 Å². The molecule has 2 heterocycles. The van der Waals surface area contributed by atoms with Gasteiger partial charge < -0.3 is 15.4 Å². The van der Waals surface area contributed by atoms with Gasteiger partial charge >= 0.3 is 0 Å². The molecule has 1 aromatic heterocycles. The van der Waals surface area contributed by atoms with E-state index in [1.807, 2.05) is 87.5 Å². The van der Waals surface area contributed by atoms with E-state index >= 15 is 0 Å². The number of carbonyl (C=O) groups is 1. The number of aromatic nitrogens is 3. The summed E-state index contributed by atoms with van der Waals surface area (Å²) >= 11 is 0. The molecule has 176 valence electrons. The van der Waals surface area contributed by atoms with Crippen LogP contribution in [0.3, 0.4) is 0 Å². The maximum atomic E-state index is 13.7. The average molecular weight is 466 g/mol. The molecule has 7 heteroatoms. The van der Waals surface area contributed by atoms with Crippen LogP contribution < -0.4 is 15.4 Å². The number of aryl methyl sites for hydroxylation is 2. The number of ether oxygens (including phenoxy) is 1. The predicted molar refractivity (Wildman–Crippen MR) is 136 cm³/mol. The van der Waals surface area contributed by atoms with Crippen molar-refractivity contribution in [3.63, 3.8) is 0 Å². The molecule has 0 saturated heterocycles. The highest BCUT2D eigenvalue weighted by Crippen LogP contribution is 2.39. The second-order valence-electron chi connectivity index (χ2n) is 8.68. The number of nitrogens with zero attached hydrogens (tertiary/aromatic N) is 3. The molecular weight excluding hydrogens is 438 g/mol. The molecule has 1 atom stereocenters. The first-order valence-electron chi connectivity index (χ1n) is 11.5. The normalized spacial score (nSPS) is 14.8. The van der Waals surface area contributed by atoms with E-state index in [-0.39, 0.29) is 5.91 Å². The van der Waals surface area contributed by atoms with Crippen molar-refractivity contribution in [2.75, 3.05) is 10.6 Å². The molecule has 0 saturated carbocycles. The van der Waals surface area contributed by atoms with Crippen molar-refractivity contribution in [2.45, 2.75) is 33.4 Å². The van der Waals surface area contributed by atoms with Gasteiger partial charge in [0.05, 0.1) is 5.57 Å². The lowest BCUT2D eigenvalue weighted by Crippen LogP contribution is -2.32. The number of hydrogen-bond acceptors (Lipinski definition) is 5. The van der Waals surface area contributed by atoms with Crippen molar-refractivity contribution >= 4 is 17.5 Å². The van der Waals surface area contributed by atoms with Crippen molar-refractivity contribution in [3.05, 3.63) is 113 Å². The summed E-state index contributed by atoms with van der Waals surface area (Å²) < 4.78 is 7.98. The lowest BCUT2D eigenvalue weighted by Gasteiger charge is -2.30. The molecule has 0 radical (unpaired) electrons. The number of carbonyl (C=O) groups excluding carboxylic acids is 1. The number of hydrogen-bond donors (Lipinski definition) is 2. The van der Waals surface area contributed by atoms with Gasteiger partial charge in [0.25, 0.3) is 5.91 Å². The zero-order valence-corrected chi connectivity index (χ0v) is 19.9. The Morgan fingerprint density at radius 2 is 1.80 bits per heavy atom. The van der Waals surface area contributed by atoms with Crippen LogP contribution in [0.5, 0.6) is 5.75 Å². The minimum absolute atomic E-state index is 0.203. The van der Waals surface area contributed by atoms with E-state index in [4.69, 9.17) is 4.74 Å². The van der Waals surface area contributed by atoms with Crippen molar-refractivity contribution in [3.8, 4) is 5.75 Å². The molecule has 0 spiro atoms. The first-order chi connectivity index (χ1) is 17.0. The maximum Gasteiger partial charge on any atom is 0.255 e. The summed E-state index contributed by atoms with van der Waals surface area (Å²) in [6.07, 6.45) is 1.49. The Labute approximate surface area is 204 Å². The van der Waals surface area contributed by atoms with Crippen LogP contribution in [-0.2, 0) is 11.4 Å². The minimum Gasteiger partial charge on any atom is -0.489 e. The van der Waals surface area contributed by atoms with Gasteiger partial charge in [0, 0.05) is 16.9 Å². The van der Waals surface area contributed by atoms with Gasteiger partial charge in [0.15, 0.2) is 0 Å². The second-order valence-corrected chi connectivity index (χ2v) is 8.68. The quantitative estimate of drug-likeness (QED) is 0.398. The largest absolute Gasteiger partial charge is 0.489 e. The standard InChI is InChI=1S/C28H27N5O2/c1-18-13-14-23(19(2)15-18)32-27(34)25-20(3)31-28-29-17-30-33(28)26(25)22-11-7-8-12-24(22)35-16-21-9-5-4-6-10-21/h4-15,17,26H,16H2,1-3H3,(H,32,34)(H,29,30,31)/t26-/m0/s1. The van der Waals surface area contributed by atoms with E-state index in [0.717, 1.165) is 33.6 Å². The third kappa shape index (κ3) is 4.53. The molecular formula is C28H27N5O2. The molecule has 35 heavy (non-hydrogen) atoms. The Balaban J connectivity index is 1.53. The van der Waals surface area contributed by atoms with Crippen LogP contribution in [0.15, 0.2) is 90.4 Å². The van der Waals surface area contributed by atoms with Gasteiger partial charge in [-0.05, 0) is 44.0 Å². The topological polar surface area (TPSA) is 81.1 Å². The summed E-state index contributed by atoms with van der Waals surface area (Å²) in [6, 6.07) is 23.2. The van der Waals surface area contributed by atoms with Crippen LogP contribution in [0.1, 0.15) is 35.2 Å². The van der Waals surface area contributed by atoms with E-state index in [2.05, 4.69) is 26.8 Å². The number of benzene rings is 3. The van der Waals surface area contributed by atoms with Crippen LogP contribution in [0, 0.1) is 13.8 Å². The second kappa shape index (κ2) is 9.46. The van der Waals surface area contributed by atoms with Gasteiger partial charge in [-0.15, -0.1) is 0 Å². The Morgan fingerprint density at radius 1 is 1.03 bits per heavy atom. The highest BCUT2D eigenvalue weighted by atomic mass is 16.5. The third-order valence-electron chi connectivity index (χ3n) is 6.12. The molecule has 1 aliphatic heterocycles. The Kier molecular flexibility index (Phi) is 6.06. The zero-order chi connectivity index (χ0) is 24.4. The first-order valence-corrected chi connectivity index (χ1v) is 11.5.